The zero-order chi connectivity index (χ0) is 38.6. The first-order chi connectivity index (χ1) is 26.3. The van der Waals surface area contributed by atoms with E-state index in [-0.39, 0.29) is 19.5 Å². The molecule has 1 saturated heterocycles. The monoisotopic (exact) mass is 791 g/mol. The van der Waals surface area contributed by atoms with Crippen molar-refractivity contribution >= 4 is 56.8 Å². The van der Waals surface area contributed by atoms with Crippen LogP contribution in [0.3, 0.4) is 0 Å². The quantitative estimate of drug-likeness (QED) is 0.0859. The molecule has 7 rings (SSSR count). The lowest BCUT2D eigenvalue weighted by molar-refractivity contribution is -0.168. The fraction of sp³-hybridized carbons (Fsp3) is 0.286. The summed E-state index contributed by atoms with van der Waals surface area (Å²) in [4.78, 5) is 8.56. The van der Waals surface area contributed by atoms with Gasteiger partial charge in [-0.1, -0.05) is 78.7 Å². The van der Waals surface area contributed by atoms with Crippen molar-refractivity contribution in [2.24, 2.45) is 5.25 Å². The zero-order valence-corrected chi connectivity index (χ0v) is 32.1. The summed E-state index contributed by atoms with van der Waals surface area (Å²) in [5.74, 6) is 0. The zero-order valence-electron chi connectivity index (χ0n) is 29.8. The normalized spacial score (nSPS) is 15.2. The highest BCUT2D eigenvalue weighted by atomic mass is 35.5. The molecule has 6 N–H and O–H groups in total. The molecule has 6 aromatic rings. The summed E-state index contributed by atoms with van der Waals surface area (Å²) in [5, 5.41) is 47.5. The van der Waals surface area contributed by atoms with E-state index >= 15 is 0 Å². The molecule has 9 nitrogen and oxygen atoms in total. The van der Waals surface area contributed by atoms with Crippen molar-refractivity contribution in [1.29, 1.82) is 0 Å². The van der Waals surface area contributed by atoms with Crippen molar-refractivity contribution in [2.75, 3.05) is 6.61 Å². The van der Waals surface area contributed by atoms with Crippen LogP contribution in [0.2, 0.25) is 10.0 Å². The Labute approximate surface area is 330 Å². The molecule has 1 aliphatic rings. The Hall–Kier alpha value is -3.71. The van der Waals surface area contributed by atoms with Gasteiger partial charge in [-0.3, -0.25) is 9.97 Å². The number of hydrogen-bond acceptors (Lipinski definition) is 9. The molecule has 3 heterocycles. The molecule has 3 atom stereocenters. The van der Waals surface area contributed by atoms with Crippen molar-refractivity contribution in [3.63, 3.8) is 0 Å². The standard InChI is InChI=1S/C24H26ClNO3.C18H16ClNO3.ClH2N/c1-2-17-7-6-16(15-29-23-5-3-4-10-28-23)11-21(17)24(27)18-8-9-22-19(12-18)13-20(25)14-26-22;19-15-7-14-6-12(3-4-17(14)20-8-15)18(23)16-5-11(9-21)1-2-13(16)10-22;1-2/h6-9,11-14,23-24,27H,2-5,10,15H2,1H3;1-8,18,21-23H,9-10H2;2H2. The van der Waals surface area contributed by atoms with Crippen LogP contribution in [0.1, 0.15) is 82.9 Å². The lowest BCUT2D eigenvalue weighted by atomic mass is 9.93. The topological polar surface area (TPSA) is 151 Å². The Balaban J connectivity index is 0.000000204. The number of fused-ring (bicyclic) bond motifs is 2. The summed E-state index contributed by atoms with van der Waals surface area (Å²) < 4.78 is 11.6. The number of aliphatic hydroxyl groups excluding tert-OH is 4. The van der Waals surface area contributed by atoms with Gasteiger partial charge in [0.2, 0.25) is 0 Å². The van der Waals surface area contributed by atoms with E-state index < -0.39 is 12.2 Å². The number of benzene rings is 4. The SMILES string of the molecule is CCc1ccc(COC2CCCCO2)cc1C(O)c1ccc2ncc(Cl)cc2c1.NCl.OCc1ccc(CO)c(C(O)c2ccc3ncc(Cl)cc3c2)c1. The van der Waals surface area contributed by atoms with Crippen LogP contribution in [0.4, 0.5) is 0 Å². The predicted molar refractivity (Wildman–Crippen MR) is 214 cm³/mol. The third-order valence-electron chi connectivity index (χ3n) is 9.29. The average Bonchev–Trinajstić information content (AvgIpc) is 3.22. The number of pyridine rings is 2. The van der Waals surface area contributed by atoms with Crippen molar-refractivity contribution in [1.82, 2.24) is 9.97 Å². The second-order valence-electron chi connectivity index (χ2n) is 12.9. The molecule has 1 aliphatic heterocycles. The Morgan fingerprint density at radius 2 is 1.28 bits per heavy atom. The highest BCUT2D eigenvalue weighted by molar-refractivity contribution is 6.31. The summed E-state index contributed by atoms with van der Waals surface area (Å²) in [6.07, 6.45) is 5.49. The lowest BCUT2D eigenvalue weighted by Gasteiger charge is -2.23. The highest BCUT2D eigenvalue weighted by Gasteiger charge is 2.19. The number of ether oxygens (including phenoxy) is 2. The van der Waals surface area contributed by atoms with Crippen molar-refractivity contribution in [3.8, 4) is 0 Å². The molecule has 0 amide bonds. The maximum Gasteiger partial charge on any atom is 0.158 e. The average molecular weight is 793 g/mol. The minimum absolute atomic E-state index is 0.122. The van der Waals surface area contributed by atoms with Crippen LogP contribution in [-0.4, -0.2) is 43.3 Å². The van der Waals surface area contributed by atoms with Crippen LogP contribution >= 0.6 is 35.0 Å². The van der Waals surface area contributed by atoms with Crippen molar-refractivity contribution in [3.05, 3.63) is 152 Å². The molecule has 12 heteroatoms. The van der Waals surface area contributed by atoms with Gasteiger partial charge >= 0.3 is 0 Å². The van der Waals surface area contributed by atoms with Gasteiger partial charge in [0, 0.05) is 29.8 Å². The van der Waals surface area contributed by atoms with Gasteiger partial charge in [0.1, 0.15) is 12.2 Å². The van der Waals surface area contributed by atoms with Gasteiger partial charge in [0.05, 0.1) is 40.9 Å². The van der Waals surface area contributed by atoms with Crippen LogP contribution in [0.15, 0.2) is 97.3 Å². The second kappa shape index (κ2) is 20.3. The molecule has 284 valence electrons. The van der Waals surface area contributed by atoms with Crippen LogP contribution in [-0.2, 0) is 35.7 Å². The molecule has 54 heavy (non-hydrogen) atoms. The Morgan fingerprint density at radius 3 is 1.81 bits per heavy atom. The van der Waals surface area contributed by atoms with Gasteiger partial charge in [0.25, 0.3) is 0 Å². The third kappa shape index (κ3) is 10.5. The molecule has 4 aromatic carbocycles. The number of nitrogens with two attached hydrogens (primary N) is 1. The molecular formula is C42H44Cl3N3O6. The van der Waals surface area contributed by atoms with E-state index in [4.69, 9.17) is 32.7 Å². The number of aromatic nitrogens is 2. The fourth-order valence-electron chi connectivity index (χ4n) is 6.43. The third-order valence-corrected chi connectivity index (χ3v) is 9.71. The largest absolute Gasteiger partial charge is 0.392 e. The highest BCUT2D eigenvalue weighted by Crippen LogP contribution is 2.31. The number of aliphatic hydroxyl groups is 4. The van der Waals surface area contributed by atoms with Crippen LogP contribution < -0.4 is 5.25 Å². The first-order valence-electron chi connectivity index (χ1n) is 17.6. The Bertz CT molecular complexity index is 2150. The summed E-state index contributed by atoms with van der Waals surface area (Å²) >= 11 is 16.2. The van der Waals surface area contributed by atoms with E-state index in [1.807, 2.05) is 42.5 Å². The maximum absolute atomic E-state index is 11.2. The molecule has 0 bridgehead atoms. The van der Waals surface area contributed by atoms with Gasteiger partial charge in [-0.05, 0) is 118 Å². The van der Waals surface area contributed by atoms with Gasteiger partial charge in [-0.25, -0.2) is 5.25 Å². The number of rotatable bonds is 10. The minimum atomic E-state index is -0.910. The summed E-state index contributed by atoms with van der Waals surface area (Å²) in [5.41, 5.74) is 8.10. The number of halogens is 3. The van der Waals surface area contributed by atoms with Gasteiger partial charge in [-0.2, -0.15) is 0 Å². The van der Waals surface area contributed by atoms with Gasteiger partial charge in [-0.15, -0.1) is 0 Å². The summed E-state index contributed by atoms with van der Waals surface area (Å²) in [6.45, 7) is 3.04. The van der Waals surface area contributed by atoms with E-state index in [0.717, 1.165) is 76.3 Å². The van der Waals surface area contributed by atoms with Gasteiger partial charge in [0.15, 0.2) is 6.29 Å². The van der Waals surface area contributed by atoms with Crippen LogP contribution in [0.5, 0.6) is 0 Å². The molecule has 0 aliphatic carbocycles. The second-order valence-corrected chi connectivity index (χ2v) is 13.7. The molecular weight excluding hydrogens is 749 g/mol. The molecule has 0 saturated carbocycles. The van der Waals surface area contributed by atoms with E-state index in [2.05, 4.69) is 46.1 Å². The molecule has 2 aromatic heterocycles. The smallest absolute Gasteiger partial charge is 0.158 e. The van der Waals surface area contributed by atoms with Crippen molar-refractivity contribution < 1.29 is 29.9 Å². The summed E-state index contributed by atoms with van der Waals surface area (Å²) in [7, 11) is 0. The van der Waals surface area contributed by atoms with Gasteiger partial charge < -0.3 is 29.9 Å². The van der Waals surface area contributed by atoms with E-state index in [0.29, 0.717) is 38.9 Å². The number of nitrogens with zero attached hydrogens (tertiary/aromatic N) is 2. The fourth-order valence-corrected chi connectivity index (χ4v) is 6.76. The van der Waals surface area contributed by atoms with E-state index in [9.17, 15) is 20.4 Å². The molecule has 0 radical (unpaired) electrons. The Kier molecular flexibility index (Phi) is 15.6. The molecule has 1 fully saturated rings. The lowest BCUT2D eigenvalue weighted by Crippen LogP contribution is -2.22. The summed E-state index contributed by atoms with van der Waals surface area (Å²) in [6, 6.07) is 26.2. The van der Waals surface area contributed by atoms with E-state index in [1.54, 1.807) is 42.7 Å². The number of aryl methyl sites for hydroxylation is 1. The van der Waals surface area contributed by atoms with E-state index in [1.165, 1.54) is 0 Å². The molecule has 0 spiro atoms. The van der Waals surface area contributed by atoms with Crippen molar-refractivity contribution in [2.45, 2.75) is 70.9 Å². The predicted octanol–water partition coefficient (Wildman–Crippen LogP) is 8.63. The Morgan fingerprint density at radius 1 is 0.722 bits per heavy atom. The maximum atomic E-state index is 11.2. The molecule has 3 unspecified atom stereocenters. The van der Waals surface area contributed by atoms with Crippen LogP contribution in [0.25, 0.3) is 21.8 Å². The number of hydrogen-bond donors (Lipinski definition) is 5. The first kappa shape index (κ1) is 41.5. The minimum Gasteiger partial charge on any atom is -0.392 e. The van der Waals surface area contributed by atoms with Crippen LogP contribution in [0, 0.1) is 0 Å². The first-order valence-corrected chi connectivity index (χ1v) is 18.8.